The Morgan fingerprint density at radius 1 is 1.27 bits per heavy atom. The minimum Gasteiger partial charge on any atom is -0.309 e. The molecular weight excluding hydrogens is 274 g/mol. The molecule has 2 aromatic rings. The zero-order valence-electron chi connectivity index (χ0n) is 13.9. The van der Waals surface area contributed by atoms with Gasteiger partial charge < -0.3 is 5.32 Å². The molecule has 0 bridgehead atoms. The number of nitrogens with one attached hydrogen (secondary N) is 1. The SMILES string of the molecule is CC(C)(C)n1nnc(CNC[C@]2(C)C[C@H]2c2ccccc2)n1. The molecule has 1 N–H and O–H groups in total. The zero-order valence-corrected chi connectivity index (χ0v) is 13.9. The lowest BCUT2D eigenvalue weighted by molar-refractivity contribution is 0.305. The number of rotatable bonds is 5. The second kappa shape index (κ2) is 5.47. The van der Waals surface area contributed by atoms with E-state index in [9.17, 15) is 0 Å². The maximum Gasteiger partial charge on any atom is 0.188 e. The summed E-state index contributed by atoms with van der Waals surface area (Å²) in [4.78, 5) is 1.68. The lowest BCUT2D eigenvalue weighted by atomic mass is 10.0. The van der Waals surface area contributed by atoms with Gasteiger partial charge in [-0.05, 0) is 49.3 Å². The number of hydrogen-bond donors (Lipinski definition) is 1. The van der Waals surface area contributed by atoms with Gasteiger partial charge in [0.05, 0.1) is 12.1 Å². The Morgan fingerprint density at radius 2 is 2.00 bits per heavy atom. The summed E-state index contributed by atoms with van der Waals surface area (Å²) in [5.74, 6) is 1.43. The largest absolute Gasteiger partial charge is 0.309 e. The molecule has 3 rings (SSSR count). The van der Waals surface area contributed by atoms with E-state index in [0.717, 1.165) is 12.4 Å². The summed E-state index contributed by atoms with van der Waals surface area (Å²) >= 11 is 0. The molecule has 0 spiro atoms. The lowest BCUT2D eigenvalue weighted by Crippen LogP contribution is -2.26. The van der Waals surface area contributed by atoms with Crippen molar-refractivity contribution < 1.29 is 0 Å². The van der Waals surface area contributed by atoms with Gasteiger partial charge in [0.15, 0.2) is 5.82 Å². The fraction of sp³-hybridized carbons (Fsp3) is 0.588. The van der Waals surface area contributed by atoms with Crippen molar-refractivity contribution in [3.63, 3.8) is 0 Å². The van der Waals surface area contributed by atoms with E-state index < -0.39 is 0 Å². The van der Waals surface area contributed by atoms with E-state index in [1.54, 1.807) is 4.80 Å². The second-order valence-corrected chi connectivity index (χ2v) is 7.59. The molecule has 1 aromatic heterocycles. The van der Waals surface area contributed by atoms with E-state index in [1.165, 1.54) is 12.0 Å². The quantitative estimate of drug-likeness (QED) is 0.922. The molecule has 1 aromatic carbocycles. The molecule has 1 saturated carbocycles. The monoisotopic (exact) mass is 299 g/mol. The third-order valence-electron chi connectivity index (χ3n) is 4.42. The van der Waals surface area contributed by atoms with Crippen LogP contribution in [0.4, 0.5) is 0 Å². The lowest BCUT2D eigenvalue weighted by Gasteiger charge is -2.15. The third kappa shape index (κ3) is 3.19. The summed E-state index contributed by atoms with van der Waals surface area (Å²) in [5, 5.41) is 16.2. The summed E-state index contributed by atoms with van der Waals surface area (Å²) in [6.45, 7) is 10.2. The summed E-state index contributed by atoms with van der Waals surface area (Å²) in [7, 11) is 0. The number of benzene rings is 1. The molecule has 5 heteroatoms. The van der Waals surface area contributed by atoms with Gasteiger partial charge in [0.25, 0.3) is 0 Å². The first-order valence-electron chi connectivity index (χ1n) is 7.93. The van der Waals surface area contributed by atoms with Gasteiger partial charge in [0.2, 0.25) is 0 Å². The third-order valence-corrected chi connectivity index (χ3v) is 4.42. The maximum atomic E-state index is 4.43. The zero-order chi connectivity index (χ0) is 15.8. The highest BCUT2D eigenvalue weighted by Crippen LogP contribution is 2.58. The van der Waals surface area contributed by atoms with E-state index in [2.05, 4.69) is 78.8 Å². The molecule has 0 amide bonds. The Bertz CT molecular complexity index is 628. The standard InChI is InChI=1S/C17H25N5/c1-16(2,3)22-20-15(19-21-22)11-18-12-17(4)10-14(17)13-8-6-5-7-9-13/h5-9,14,18H,10-12H2,1-4H3/t14-,17-/m0/s1. The van der Waals surface area contributed by atoms with E-state index in [-0.39, 0.29) is 5.54 Å². The molecule has 0 aliphatic heterocycles. The molecule has 1 heterocycles. The van der Waals surface area contributed by atoms with Crippen molar-refractivity contribution in [2.24, 2.45) is 5.41 Å². The number of aromatic nitrogens is 4. The van der Waals surface area contributed by atoms with Crippen LogP contribution in [0.3, 0.4) is 0 Å². The summed E-state index contributed by atoms with van der Waals surface area (Å²) in [6, 6.07) is 10.8. The van der Waals surface area contributed by atoms with Crippen LogP contribution in [-0.2, 0) is 12.1 Å². The highest BCUT2D eigenvalue weighted by atomic mass is 15.6. The molecule has 1 fully saturated rings. The molecule has 1 aliphatic rings. The van der Waals surface area contributed by atoms with E-state index in [4.69, 9.17) is 0 Å². The van der Waals surface area contributed by atoms with Crippen molar-refractivity contribution in [1.82, 2.24) is 25.5 Å². The van der Waals surface area contributed by atoms with E-state index >= 15 is 0 Å². The topological polar surface area (TPSA) is 55.6 Å². The Kier molecular flexibility index (Phi) is 3.77. The Hall–Kier alpha value is -1.75. The van der Waals surface area contributed by atoms with Crippen LogP contribution in [-0.4, -0.2) is 26.8 Å². The normalized spacial score (nSPS) is 24.5. The van der Waals surface area contributed by atoms with Gasteiger partial charge in [-0.2, -0.15) is 4.80 Å². The molecule has 5 nitrogen and oxygen atoms in total. The van der Waals surface area contributed by atoms with Crippen molar-refractivity contribution in [2.45, 2.75) is 52.1 Å². The summed E-state index contributed by atoms with van der Waals surface area (Å²) in [6.07, 6.45) is 1.24. The van der Waals surface area contributed by atoms with Crippen molar-refractivity contribution >= 4 is 0 Å². The minimum atomic E-state index is -0.119. The van der Waals surface area contributed by atoms with Gasteiger partial charge in [-0.15, -0.1) is 10.2 Å². The van der Waals surface area contributed by atoms with Crippen LogP contribution < -0.4 is 5.32 Å². The smallest absolute Gasteiger partial charge is 0.188 e. The van der Waals surface area contributed by atoms with E-state index in [0.29, 0.717) is 17.9 Å². The van der Waals surface area contributed by atoms with Gasteiger partial charge >= 0.3 is 0 Å². The molecule has 0 saturated heterocycles. The Balaban J connectivity index is 1.51. The fourth-order valence-electron chi connectivity index (χ4n) is 2.87. The molecule has 0 radical (unpaired) electrons. The predicted molar refractivity (Wildman–Crippen MR) is 86.4 cm³/mol. The van der Waals surface area contributed by atoms with Gasteiger partial charge in [-0.25, -0.2) is 0 Å². The average molecular weight is 299 g/mol. The predicted octanol–water partition coefficient (Wildman–Crippen LogP) is 2.71. The molecule has 22 heavy (non-hydrogen) atoms. The van der Waals surface area contributed by atoms with Crippen LogP contribution in [0.25, 0.3) is 0 Å². The van der Waals surface area contributed by atoms with Gasteiger partial charge in [0.1, 0.15) is 0 Å². The van der Waals surface area contributed by atoms with Crippen LogP contribution in [0.2, 0.25) is 0 Å². The molecule has 118 valence electrons. The van der Waals surface area contributed by atoms with Crippen LogP contribution in [0, 0.1) is 5.41 Å². The van der Waals surface area contributed by atoms with Crippen LogP contribution >= 0.6 is 0 Å². The van der Waals surface area contributed by atoms with Crippen LogP contribution in [0.5, 0.6) is 0 Å². The van der Waals surface area contributed by atoms with Crippen molar-refractivity contribution in [1.29, 1.82) is 0 Å². The molecule has 1 aliphatic carbocycles. The first-order chi connectivity index (χ1) is 10.4. The van der Waals surface area contributed by atoms with Gasteiger partial charge in [-0.3, -0.25) is 0 Å². The Labute approximate surface area is 132 Å². The average Bonchev–Trinajstić information content (AvgIpc) is 2.92. The van der Waals surface area contributed by atoms with Crippen LogP contribution in [0.1, 0.15) is 51.4 Å². The van der Waals surface area contributed by atoms with Gasteiger partial charge in [-0.1, -0.05) is 37.3 Å². The van der Waals surface area contributed by atoms with Crippen molar-refractivity contribution in [3.05, 3.63) is 41.7 Å². The summed E-state index contributed by atoms with van der Waals surface area (Å²) < 4.78 is 0. The van der Waals surface area contributed by atoms with Gasteiger partial charge in [0, 0.05) is 6.54 Å². The maximum absolute atomic E-state index is 4.43. The number of tetrazole rings is 1. The van der Waals surface area contributed by atoms with Crippen LogP contribution in [0.15, 0.2) is 30.3 Å². The van der Waals surface area contributed by atoms with E-state index in [1.807, 2.05) is 0 Å². The highest BCUT2D eigenvalue weighted by molar-refractivity contribution is 5.29. The molecule has 0 unspecified atom stereocenters. The minimum absolute atomic E-state index is 0.119. The highest BCUT2D eigenvalue weighted by Gasteiger charge is 2.50. The number of nitrogens with zero attached hydrogens (tertiary/aromatic N) is 4. The first-order valence-corrected chi connectivity index (χ1v) is 7.93. The summed E-state index contributed by atoms with van der Waals surface area (Å²) in [5.41, 5.74) is 1.68. The Morgan fingerprint density at radius 3 is 2.64 bits per heavy atom. The second-order valence-electron chi connectivity index (χ2n) is 7.59. The fourth-order valence-corrected chi connectivity index (χ4v) is 2.87. The van der Waals surface area contributed by atoms with Crippen molar-refractivity contribution in [2.75, 3.05) is 6.54 Å². The molecule has 2 atom stereocenters. The van der Waals surface area contributed by atoms with Crippen molar-refractivity contribution in [3.8, 4) is 0 Å². The molecular formula is C17H25N5. The number of hydrogen-bond acceptors (Lipinski definition) is 4. The first kappa shape index (κ1) is 15.2.